The van der Waals surface area contributed by atoms with Gasteiger partial charge in [0.15, 0.2) is 0 Å². The third kappa shape index (κ3) is 3.53. The standard InChI is InChI=1S/C23H28FN6O3/c1-15-16(2)30-19-20(25-22(30)28(15)9-8-27-10-12-33-13-11-27)26(3)23(32)29(21(19)31)14-17-6-4-5-7-18(17)24/h4-7,19H,8-14H2,1-3H3/q+1. The first-order valence-corrected chi connectivity index (χ1v) is 11.2. The Bertz CT molecular complexity index is 1150. The molecule has 9 nitrogen and oxygen atoms in total. The number of rotatable bonds is 5. The molecule has 0 aliphatic carbocycles. The zero-order chi connectivity index (χ0) is 23.3. The van der Waals surface area contributed by atoms with E-state index in [4.69, 9.17) is 9.73 Å². The molecule has 4 heterocycles. The number of halogens is 1. The molecule has 5 rings (SSSR count). The highest BCUT2D eigenvalue weighted by atomic mass is 19.1. The molecule has 0 N–H and O–H groups in total. The van der Waals surface area contributed by atoms with Gasteiger partial charge in [-0.05, 0) is 19.9 Å². The van der Waals surface area contributed by atoms with Crippen LogP contribution in [0.2, 0.25) is 0 Å². The molecule has 0 radical (unpaired) electrons. The van der Waals surface area contributed by atoms with Crippen LogP contribution in [0.1, 0.15) is 23.0 Å². The van der Waals surface area contributed by atoms with Gasteiger partial charge in [-0.2, -0.15) is 0 Å². The molecular weight excluding hydrogens is 427 g/mol. The second-order valence-electron chi connectivity index (χ2n) is 8.68. The van der Waals surface area contributed by atoms with Crippen molar-refractivity contribution in [1.29, 1.82) is 0 Å². The van der Waals surface area contributed by atoms with Crippen LogP contribution in [0.15, 0.2) is 29.3 Å². The van der Waals surface area contributed by atoms with Gasteiger partial charge in [0.05, 0.1) is 26.3 Å². The number of hydrogen-bond acceptors (Lipinski definition) is 5. The van der Waals surface area contributed by atoms with E-state index < -0.39 is 23.8 Å². The number of imidazole rings is 1. The first-order valence-electron chi connectivity index (χ1n) is 11.2. The SMILES string of the molecule is Cc1c(C)[n+](CCN2CCOCC2)c2n1C1C(=O)N(Cc3ccccc3F)C(=O)N(C)C1=N2. The Morgan fingerprint density at radius 1 is 1.18 bits per heavy atom. The number of amidine groups is 1. The normalized spacial score (nSPS) is 20.8. The molecule has 1 unspecified atom stereocenters. The number of fused-ring (bicyclic) bond motifs is 3. The highest BCUT2D eigenvalue weighted by molar-refractivity contribution is 6.20. The average molecular weight is 456 g/mol. The van der Waals surface area contributed by atoms with Gasteiger partial charge in [-0.3, -0.25) is 19.5 Å². The van der Waals surface area contributed by atoms with E-state index in [9.17, 15) is 14.0 Å². The van der Waals surface area contributed by atoms with Crippen LogP contribution in [-0.2, 0) is 22.6 Å². The number of aliphatic imine (C=N–C) groups is 1. The smallest absolute Gasteiger partial charge is 0.379 e. The number of aromatic nitrogens is 2. The van der Waals surface area contributed by atoms with E-state index in [0.29, 0.717) is 17.3 Å². The molecular formula is C23H28FN6O3+. The van der Waals surface area contributed by atoms with Crippen molar-refractivity contribution in [3.05, 3.63) is 47.0 Å². The minimum absolute atomic E-state index is 0.121. The Labute approximate surface area is 191 Å². The lowest BCUT2D eigenvalue weighted by molar-refractivity contribution is -0.688. The van der Waals surface area contributed by atoms with Gasteiger partial charge >= 0.3 is 12.0 Å². The predicted molar refractivity (Wildman–Crippen MR) is 118 cm³/mol. The fourth-order valence-electron chi connectivity index (χ4n) is 4.78. The zero-order valence-corrected chi connectivity index (χ0v) is 19.1. The number of benzene rings is 1. The van der Waals surface area contributed by atoms with Gasteiger partial charge in [-0.1, -0.05) is 23.2 Å². The molecule has 3 aliphatic rings. The Morgan fingerprint density at radius 3 is 2.64 bits per heavy atom. The summed E-state index contributed by atoms with van der Waals surface area (Å²) in [5.41, 5.74) is 2.26. The van der Waals surface area contributed by atoms with Crippen molar-refractivity contribution < 1.29 is 23.3 Å². The van der Waals surface area contributed by atoms with Crippen LogP contribution in [0.3, 0.4) is 0 Å². The van der Waals surface area contributed by atoms with Crippen LogP contribution in [-0.4, -0.2) is 76.9 Å². The highest BCUT2D eigenvalue weighted by Crippen LogP contribution is 2.35. The minimum atomic E-state index is -0.738. The monoisotopic (exact) mass is 455 g/mol. The maximum atomic E-state index is 14.3. The molecule has 0 spiro atoms. The number of likely N-dealkylation sites (N-methyl/N-ethyl adjacent to an activating group) is 1. The molecule has 0 saturated carbocycles. The number of morpholine rings is 1. The number of carbonyl (C=O) groups is 2. The maximum Gasteiger partial charge on any atom is 0.402 e. The molecule has 1 aromatic heterocycles. The molecule has 1 atom stereocenters. The Balaban J connectivity index is 1.46. The largest absolute Gasteiger partial charge is 0.402 e. The number of imide groups is 1. The van der Waals surface area contributed by atoms with Crippen molar-refractivity contribution in [1.82, 2.24) is 19.3 Å². The second-order valence-corrected chi connectivity index (χ2v) is 8.68. The first kappa shape index (κ1) is 21.7. The maximum absolute atomic E-state index is 14.3. The third-order valence-electron chi connectivity index (χ3n) is 6.86. The van der Waals surface area contributed by atoms with Crippen molar-refractivity contribution in [3.8, 4) is 0 Å². The lowest BCUT2D eigenvalue weighted by Gasteiger charge is -2.33. The van der Waals surface area contributed by atoms with Gasteiger partial charge in [0, 0.05) is 32.2 Å². The molecule has 2 aromatic rings. The highest BCUT2D eigenvalue weighted by Gasteiger charge is 2.54. The molecule has 2 saturated heterocycles. The number of urea groups is 1. The summed E-state index contributed by atoms with van der Waals surface area (Å²) in [4.78, 5) is 36.2. The van der Waals surface area contributed by atoms with E-state index in [0.717, 1.165) is 55.7 Å². The summed E-state index contributed by atoms with van der Waals surface area (Å²) < 4.78 is 23.7. The van der Waals surface area contributed by atoms with Crippen LogP contribution in [0.25, 0.3) is 0 Å². The van der Waals surface area contributed by atoms with Crippen LogP contribution >= 0.6 is 0 Å². The minimum Gasteiger partial charge on any atom is -0.379 e. The summed E-state index contributed by atoms with van der Waals surface area (Å²) >= 11 is 0. The van der Waals surface area contributed by atoms with Crippen LogP contribution in [0.4, 0.5) is 15.1 Å². The summed E-state index contributed by atoms with van der Waals surface area (Å²) in [5, 5.41) is 0. The quantitative estimate of drug-likeness (QED) is 0.642. The second kappa shape index (κ2) is 8.35. The van der Waals surface area contributed by atoms with E-state index in [1.165, 1.54) is 11.0 Å². The van der Waals surface area contributed by atoms with E-state index in [1.807, 2.05) is 18.4 Å². The van der Waals surface area contributed by atoms with Crippen molar-refractivity contribution in [2.45, 2.75) is 33.0 Å². The molecule has 2 fully saturated rings. The lowest BCUT2D eigenvalue weighted by atomic mass is 10.1. The molecule has 3 aliphatic heterocycles. The van der Waals surface area contributed by atoms with Crippen molar-refractivity contribution in [2.24, 2.45) is 4.99 Å². The van der Waals surface area contributed by atoms with Gasteiger partial charge in [-0.15, -0.1) is 0 Å². The summed E-state index contributed by atoms with van der Waals surface area (Å²) in [6, 6.07) is 4.95. The van der Waals surface area contributed by atoms with E-state index in [1.54, 1.807) is 25.2 Å². The van der Waals surface area contributed by atoms with Crippen molar-refractivity contribution in [3.63, 3.8) is 0 Å². The van der Waals surface area contributed by atoms with Gasteiger partial charge in [0.25, 0.3) is 5.91 Å². The molecule has 0 bridgehead atoms. The van der Waals surface area contributed by atoms with Gasteiger partial charge < -0.3 is 4.74 Å². The Hall–Kier alpha value is -3.11. The van der Waals surface area contributed by atoms with Crippen LogP contribution in [0.5, 0.6) is 0 Å². The van der Waals surface area contributed by atoms with Crippen LogP contribution in [0, 0.1) is 19.7 Å². The number of amides is 3. The summed E-state index contributed by atoms with van der Waals surface area (Å²) in [6.45, 7) is 8.71. The molecule has 33 heavy (non-hydrogen) atoms. The third-order valence-corrected chi connectivity index (χ3v) is 6.86. The summed E-state index contributed by atoms with van der Waals surface area (Å²) in [6.07, 6.45) is 0. The number of nitrogens with zero attached hydrogens (tertiary/aromatic N) is 6. The van der Waals surface area contributed by atoms with Gasteiger partial charge in [0.2, 0.25) is 11.9 Å². The molecule has 1 aromatic carbocycles. The summed E-state index contributed by atoms with van der Waals surface area (Å²) in [5.74, 6) is 0.241. The zero-order valence-electron chi connectivity index (χ0n) is 19.1. The average Bonchev–Trinajstić information content (AvgIpc) is 3.31. The molecule has 174 valence electrons. The Kier molecular flexibility index (Phi) is 5.49. The Morgan fingerprint density at radius 2 is 1.91 bits per heavy atom. The topological polar surface area (TPSA) is 74.3 Å². The fraction of sp³-hybridized carbons (Fsp3) is 0.478. The fourth-order valence-corrected chi connectivity index (χ4v) is 4.78. The lowest BCUT2D eigenvalue weighted by Crippen LogP contribution is -2.57. The van der Waals surface area contributed by atoms with Gasteiger partial charge in [0.1, 0.15) is 17.2 Å². The molecule has 10 heteroatoms. The molecule has 3 amide bonds. The number of ether oxygens (including phenoxy) is 1. The predicted octanol–water partition coefficient (Wildman–Crippen LogP) is 1.54. The number of carbonyl (C=O) groups excluding carboxylic acids is 2. The van der Waals surface area contributed by atoms with Crippen molar-refractivity contribution in [2.75, 3.05) is 39.9 Å². The van der Waals surface area contributed by atoms with E-state index in [2.05, 4.69) is 9.47 Å². The van der Waals surface area contributed by atoms with Crippen molar-refractivity contribution >= 4 is 23.7 Å². The summed E-state index contributed by atoms with van der Waals surface area (Å²) in [7, 11) is 1.61. The van der Waals surface area contributed by atoms with Crippen LogP contribution < -0.4 is 4.57 Å². The van der Waals surface area contributed by atoms with E-state index >= 15 is 0 Å². The van der Waals surface area contributed by atoms with Gasteiger partial charge in [-0.25, -0.2) is 18.3 Å². The van der Waals surface area contributed by atoms with E-state index in [-0.39, 0.29) is 6.54 Å². The number of hydrogen-bond donors (Lipinski definition) is 0. The first-order chi connectivity index (χ1) is 15.9.